The van der Waals surface area contributed by atoms with Gasteiger partial charge in [0.15, 0.2) is 0 Å². The maximum atomic E-state index is 11.3. The third-order valence-corrected chi connectivity index (χ3v) is 2.04. The Morgan fingerprint density at radius 3 is 2.81 bits per heavy atom. The summed E-state index contributed by atoms with van der Waals surface area (Å²) in [6.07, 6.45) is 0. The highest BCUT2D eigenvalue weighted by atomic mass is 35.5. The zero-order valence-corrected chi connectivity index (χ0v) is 10.3. The Kier molecular flexibility index (Phi) is 4.54. The lowest BCUT2D eigenvalue weighted by atomic mass is 10.5. The minimum atomic E-state index is -0.334. The minimum absolute atomic E-state index is 0.0938. The number of anilines is 1. The van der Waals surface area contributed by atoms with Crippen molar-refractivity contribution >= 4 is 23.5 Å². The fourth-order valence-electron chi connectivity index (χ4n) is 1.08. The smallest absolute Gasteiger partial charge is 0.318 e. The number of nitrogens with one attached hydrogen (secondary N) is 1. The summed E-state index contributed by atoms with van der Waals surface area (Å²) in [6, 6.07) is 0.286. The number of nitrogens with zero attached hydrogens (tertiary/aromatic N) is 3. The SMILES string of the molecule is CCNC(=O)CN(C)c1nnc(C(C)Cl)o1. The first-order valence-corrected chi connectivity index (χ1v) is 5.43. The first-order valence-electron chi connectivity index (χ1n) is 5.00. The van der Waals surface area contributed by atoms with Gasteiger partial charge in [0.1, 0.15) is 11.9 Å². The summed E-state index contributed by atoms with van der Waals surface area (Å²) in [4.78, 5) is 12.9. The van der Waals surface area contributed by atoms with Crippen LogP contribution in [-0.4, -0.2) is 36.2 Å². The topological polar surface area (TPSA) is 71.3 Å². The van der Waals surface area contributed by atoms with Crippen LogP contribution in [0, 0.1) is 0 Å². The number of hydrogen-bond acceptors (Lipinski definition) is 5. The van der Waals surface area contributed by atoms with Gasteiger partial charge in [-0.25, -0.2) is 0 Å². The second-order valence-corrected chi connectivity index (χ2v) is 4.00. The summed E-state index contributed by atoms with van der Waals surface area (Å²) in [7, 11) is 1.70. The van der Waals surface area contributed by atoms with E-state index < -0.39 is 0 Å². The Bertz CT molecular complexity index is 353. The lowest BCUT2D eigenvalue weighted by Gasteiger charge is -2.12. The lowest BCUT2D eigenvalue weighted by molar-refractivity contribution is -0.119. The fourth-order valence-corrected chi connectivity index (χ4v) is 1.17. The van der Waals surface area contributed by atoms with Crippen molar-refractivity contribution in [3.05, 3.63) is 5.89 Å². The molecule has 1 unspecified atom stereocenters. The van der Waals surface area contributed by atoms with Crippen molar-refractivity contribution in [2.45, 2.75) is 19.2 Å². The van der Waals surface area contributed by atoms with E-state index in [4.69, 9.17) is 16.0 Å². The van der Waals surface area contributed by atoms with Gasteiger partial charge in [-0.05, 0) is 13.8 Å². The third-order valence-electron chi connectivity index (χ3n) is 1.85. The van der Waals surface area contributed by atoms with Crippen molar-refractivity contribution in [2.24, 2.45) is 0 Å². The predicted octanol–water partition coefficient (Wildman–Crippen LogP) is 0.942. The number of likely N-dealkylation sites (N-methyl/N-ethyl adjacent to an activating group) is 2. The molecule has 0 radical (unpaired) electrons. The lowest BCUT2D eigenvalue weighted by Crippen LogP contribution is -2.35. The van der Waals surface area contributed by atoms with Gasteiger partial charge in [0.05, 0.1) is 0 Å². The number of carbonyl (C=O) groups excluding carboxylic acids is 1. The molecule has 0 aliphatic carbocycles. The second-order valence-electron chi connectivity index (χ2n) is 3.35. The first-order chi connectivity index (χ1) is 7.54. The monoisotopic (exact) mass is 246 g/mol. The van der Waals surface area contributed by atoms with Crippen LogP contribution in [-0.2, 0) is 4.79 Å². The number of aromatic nitrogens is 2. The van der Waals surface area contributed by atoms with E-state index in [9.17, 15) is 4.79 Å². The molecule has 6 nitrogen and oxygen atoms in total. The minimum Gasteiger partial charge on any atom is -0.406 e. The molecule has 1 atom stereocenters. The van der Waals surface area contributed by atoms with Gasteiger partial charge >= 0.3 is 6.01 Å². The van der Waals surface area contributed by atoms with Crippen molar-refractivity contribution in [2.75, 3.05) is 25.0 Å². The Labute approximate surface area is 99.0 Å². The predicted molar refractivity (Wildman–Crippen MR) is 60.5 cm³/mol. The standard InChI is InChI=1S/C9H15ClN4O2/c1-4-11-7(15)5-14(3)9-13-12-8(16-9)6(2)10/h6H,4-5H2,1-3H3,(H,11,15). The van der Waals surface area contributed by atoms with Crippen LogP contribution < -0.4 is 10.2 Å². The number of alkyl halides is 1. The van der Waals surface area contributed by atoms with E-state index in [2.05, 4.69) is 15.5 Å². The molecule has 90 valence electrons. The molecule has 1 N–H and O–H groups in total. The van der Waals surface area contributed by atoms with Gasteiger partial charge in [-0.1, -0.05) is 5.10 Å². The molecule has 0 aliphatic heterocycles. The number of amides is 1. The summed E-state index contributed by atoms with van der Waals surface area (Å²) < 4.78 is 5.28. The van der Waals surface area contributed by atoms with Crippen LogP contribution >= 0.6 is 11.6 Å². The highest BCUT2D eigenvalue weighted by molar-refractivity contribution is 6.20. The molecule has 0 aliphatic rings. The van der Waals surface area contributed by atoms with Crippen LogP contribution in [0.3, 0.4) is 0 Å². The molecule has 7 heteroatoms. The molecule has 0 fully saturated rings. The molecule has 1 heterocycles. The molecule has 0 saturated heterocycles. The van der Waals surface area contributed by atoms with E-state index in [0.29, 0.717) is 12.4 Å². The Balaban J connectivity index is 2.58. The average molecular weight is 247 g/mol. The molecule has 1 aromatic rings. The second kappa shape index (κ2) is 5.69. The summed E-state index contributed by atoms with van der Waals surface area (Å²) in [5.41, 5.74) is 0. The summed E-state index contributed by atoms with van der Waals surface area (Å²) >= 11 is 5.78. The van der Waals surface area contributed by atoms with Crippen molar-refractivity contribution in [3.63, 3.8) is 0 Å². The average Bonchev–Trinajstić information content (AvgIpc) is 2.66. The fraction of sp³-hybridized carbons (Fsp3) is 0.667. The molecule has 1 aromatic heterocycles. The van der Waals surface area contributed by atoms with Crippen molar-refractivity contribution in [1.29, 1.82) is 0 Å². The normalized spacial score (nSPS) is 12.2. The zero-order valence-electron chi connectivity index (χ0n) is 9.53. The Morgan fingerprint density at radius 2 is 2.31 bits per heavy atom. The quantitative estimate of drug-likeness (QED) is 0.783. The van der Waals surface area contributed by atoms with E-state index in [-0.39, 0.29) is 23.8 Å². The van der Waals surface area contributed by atoms with Crippen molar-refractivity contribution < 1.29 is 9.21 Å². The number of hydrogen-bond donors (Lipinski definition) is 1. The maximum absolute atomic E-state index is 11.3. The highest BCUT2D eigenvalue weighted by Gasteiger charge is 2.15. The van der Waals surface area contributed by atoms with Crippen LogP contribution in [0.5, 0.6) is 0 Å². The van der Waals surface area contributed by atoms with E-state index in [1.54, 1.807) is 18.9 Å². The third kappa shape index (κ3) is 3.37. The van der Waals surface area contributed by atoms with Gasteiger partial charge in [-0.15, -0.1) is 16.7 Å². The number of carbonyl (C=O) groups is 1. The van der Waals surface area contributed by atoms with E-state index in [1.165, 1.54) is 0 Å². The number of rotatable bonds is 5. The summed E-state index contributed by atoms with van der Waals surface area (Å²) in [5, 5.41) is 9.91. The van der Waals surface area contributed by atoms with Crippen LogP contribution in [0.1, 0.15) is 25.1 Å². The van der Waals surface area contributed by atoms with Crippen LogP contribution in [0.15, 0.2) is 4.42 Å². The molecular weight excluding hydrogens is 232 g/mol. The molecule has 1 amide bonds. The zero-order chi connectivity index (χ0) is 12.1. The molecule has 1 rings (SSSR count). The largest absolute Gasteiger partial charge is 0.406 e. The van der Waals surface area contributed by atoms with Crippen molar-refractivity contribution in [3.8, 4) is 0 Å². The van der Waals surface area contributed by atoms with Crippen LogP contribution in [0.4, 0.5) is 6.01 Å². The van der Waals surface area contributed by atoms with Gasteiger partial charge in [-0.3, -0.25) is 4.79 Å². The van der Waals surface area contributed by atoms with E-state index >= 15 is 0 Å². The summed E-state index contributed by atoms with van der Waals surface area (Å²) in [6.45, 7) is 4.37. The van der Waals surface area contributed by atoms with Gasteiger partial charge in [0, 0.05) is 13.6 Å². The van der Waals surface area contributed by atoms with Crippen LogP contribution in [0.2, 0.25) is 0 Å². The van der Waals surface area contributed by atoms with Crippen molar-refractivity contribution in [1.82, 2.24) is 15.5 Å². The molecule has 16 heavy (non-hydrogen) atoms. The van der Waals surface area contributed by atoms with Gasteiger partial charge in [0.25, 0.3) is 0 Å². The molecule has 0 saturated carbocycles. The van der Waals surface area contributed by atoms with Gasteiger partial charge in [-0.2, -0.15) is 0 Å². The molecule has 0 aromatic carbocycles. The van der Waals surface area contributed by atoms with E-state index in [0.717, 1.165) is 0 Å². The van der Waals surface area contributed by atoms with Gasteiger partial charge < -0.3 is 14.6 Å². The Hall–Kier alpha value is -1.30. The molecule has 0 spiro atoms. The van der Waals surface area contributed by atoms with Crippen LogP contribution in [0.25, 0.3) is 0 Å². The van der Waals surface area contributed by atoms with Gasteiger partial charge in [0.2, 0.25) is 11.8 Å². The van der Waals surface area contributed by atoms with E-state index in [1.807, 2.05) is 6.92 Å². The highest BCUT2D eigenvalue weighted by Crippen LogP contribution is 2.20. The molecular formula is C9H15ClN4O2. The maximum Gasteiger partial charge on any atom is 0.318 e. The summed E-state index contributed by atoms with van der Waals surface area (Å²) in [5.74, 6) is 0.253. The first kappa shape index (κ1) is 12.8. The Morgan fingerprint density at radius 1 is 1.62 bits per heavy atom. The number of halogens is 1. The molecule has 0 bridgehead atoms.